The Kier molecular flexibility index (Phi) is 6.32. The van der Waals surface area contributed by atoms with Crippen LogP contribution in [0.25, 0.3) is 0 Å². The Labute approximate surface area is 210 Å². The molecular formula is C25H24ClF4N5O. The number of para-hydroxylation sites is 1. The van der Waals surface area contributed by atoms with Crippen molar-refractivity contribution in [3.63, 3.8) is 0 Å². The van der Waals surface area contributed by atoms with Crippen LogP contribution in [0.1, 0.15) is 29.5 Å². The first-order valence-corrected chi connectivity index (χ1v) is 12.0. The maximum Gasteiger partial charge on any atom is 0.416 e. The Balaban J connectivity index is 1.39. The summed E-state index contributed by atoms with van der Waals surface area (Å²) in [5.74, 6) is -0.0317. The van der Waals surface area contributed by atoms with Gasteiger partial charge in [0.2, 0.25) is 0 Å². The molecule has 2 amide bonds. The summed E-state index contributed by atoms with van der Waals surface area (Å²) in [6, 6.07) is 9.27. The summed E-state index contributed by atoms with van der Waals surface area (Å²) in [4.78, 5) is 18.5. The molecule has 3 heterocycles. The number of hydrogen-bond acceptors (Lipinski definition) is 3. The summed E-state index contributed by atoms with van der Waals surface area (Å²) >= 11 is 6.23. The van der Waals surface area contributed by atoms with Crippen molar-refractivity contribution >= 4 is 29.1 Å². The number of aryl methyl sites for hydroxylation is 1. The highest BCUT2D eigenvalue weighted by molar-refractivity contribution is 6.33. The zero-order valence-electron chi connectivity index (χ0n) is 19.5. The lowest BCUT2D eigenvalue weighted by atomic mass is 10.0. The number of aromatic nitrogens is 2. The van der Waals surface area contributed by atoms with E-state index in [1.54, 1.807) is 35.0 Å². The van der Waals surface area contributed by atoms with Crippen molar-refractivity contribution in [3.8, 4) is 0 Å². The van der Waals surface area contributed by atoms with E-state index in [0.717, 1.165) is 11.6 Å². The number of rotatable bonds is 4. The maximum atomic E-state index is 14.4. The van der Waals surface area contributed by atoms with Crippen LogP contribution in [0, 0.1) is 5.82 Å². The van der Waals surface area contributed by atoms with E-state index >= 15 is 0 Å². The average Bonchev–Trinajstić information content (AvgIpc) is 3.21. The highest BCUT2D eigenvalue weighted by Gasteiger charge is 2.40. The van der Waals surface area contributed by atoms with Gasteiger partial charge in [-0.05, 0) is 36.6 Å². The second-order valence-electron chi connectivity index (χ2n) is 9.09. The molecule has 5 rings (SSSR count). The Morgan fingerprint density at radius 2 is 1.81 bits per heavy atom. The first-order chi connectivity index (χ1) is 17.1. The summed E-state index contributed by atoms with van der Waals surface area (Å²) < 4.78 is 56.8. The monoisotopic (exact) mass is 521 g/mol. The number of halogens is 5. The molecule has 0 atom stereocenters. The van der Waals surface area contributed by atoms with Gasteiger partial charge in [-0.25, -0.2) is 9.18 Å². The van der Waals surface area contributed by atoms with Crippen molar-refractivity contribution in [2.24, 2.45) is 7.05 Å². The minimum absolute atomic E-state index is 0.000757. The third-order valence-corrected chi connectivity index (χ3v) is 7.07. The molecular weight excluding hydrogens is 498 g/mol. The molecule has 0 bridgehead atoms. The molecule has 0 aliphatic carbocycles. The van der Waals surface area contributed by atoms with E-state index < -0.39 is 17.6 Å². The summed E-state index contributed by atoms with van der Waals surface area (Å²) in [6.45, 7) is 1.04. The number of amides is 2. The predicted octanol–water partition coefficient (Wildman–Crippen LogP) is 5.84. The van der Waals surface area contributed by atoms with Crippen LogP contribution in [0.5, 0.6) is 0 Å². The molecule has 1 aromatic heterocycles. The van der Waals surface area contributed by atoms with Crippen LogP contribution in [-0.2, 0) is 26.3 Å². The molecule has 0 unspecified atom stereocenters. The zero-order chi connectivity index (χ0) is 25.6. The van der Waals surface area contributed by atoms with E-state index in [0.29, 0.717) is 49.0 Å². The van der Waals surface area contributed by atoms with Crippen molar-refractivity contribution in [3.05, 3.63) is 76.2 Å². The minimum atomic E-state index is -4.54. The smallest absolute Gasteiger partial charge is 0.368 e. The number of nitrogens with zero attached hydrogens (tertiary/aromatic N) is 5. The molecule has 1 fully saturated rings. The SMILES string of the molecule is Cn1cc2c(n1)N(Cc1ccccc1C(F)(F)F)C(=O)N(C1CCN(c3c(F)cccc3Cl)CC1)C2. The standard InChI is InChI=1S/C25H24ClF4N5O/c1-32-13-17-15-34(18-9-11-33(12-10-18)22-20(26)7-4-8-21(22)27)24(36)35(23(17)31-32)14-16-5-2-3-6-19(16)25(28,29)30/h2-8,13,18H,9-12,14-15H2,1H3. The first kappa shape index (κ1) is 24.4. The largest absolute Gasteiger partial charge is 0.416 e. The summed E-state index contributed by atoms with van der Waals surface area (Å²) in [5.41, 5.74) is 0.340. The van der Waals surface area contributed by atoms with Gasteiger partial charge in [-0.2, -0.15) is 18.3 Å². The van der Waals surface area contributed by atoms with Gasteiger partial charge in [-0.15, -0.1) is 0 Å². The molecule has 3 aromatic rings. The molecule has 2 aliphatic rings. The summed E-state index contributed by atoms with van der Waals surface area (Å²) in [7, 11) is 1.71. The van der Waals surface area contributed by atoms with Crippen molar-refractivity contribution in [1.29, 1.82) is 0 Å². The van der Waals surface area contributed by atoms with Gasteiger partial charge in [0.15, 0.2) is 5.82 Å². The van der Waals surface area contributed by atoms with Gasteiger partial charge in [0, 0.05) is 37.9 Å². The number of urea groups is 1. The molecule has 1 saturated heterocycles. The van der Waals surface area contributed by atoms with E-state index in [4.69, 9.17) is 11.6 Å². The molecule has 0 N–H and O–H groups in total. The van der Waals surface area contributed by atoms with Gasteiger partial charge < -0.3 is 9.80 Å². The predicted molar refractivity (Wildman–Crippen MR) is 128 cm³/mol. The number of benzene rings is 2. The highest BCUT2D eigenvalue weighted by atomic mass is 35.5. The Bertz CT molecular complexity index is 1270. The molecule has 2 aromatic carbocycles. The number of carbonyl (C=O) groups excluding carboxylic acids is 1. The lowest BCUT2D eigenvalue weighted by Gasteiger charge is -2.43. The van der Waals surface area contributed by atoms with Crippen molar-refractivity contribution in [2.45, 2.75) is 38.1 Å². The van der Waals surface area contributed by atoms with Crippen LogP contribution in [0.2, 0.25) is 5.02 Å². The van der Waals surface area contributed by atoms with Gasteiger partial charge in [0.25, 0.3) is 0 Å². The van der Waals surface area contributed by atoms with E-state index in [9.17, 15) is 22.4 Å². The topological polar surface area (TPSA) is 44.6 Å². The van der Waals surface area contributed by atoms with Crippen molar-refractivity contribution in [2.75, 3.05) is 22.9 Å². The van der Waals surface area contributed by atoms with E-state index in [1.165, 1.54) is 29.2 Å². The number of alkyl halides is 3. The number of fused-ring (bicyclic) bond motifs is 1. The average molecular weight is 522 g/mol. The molecule has 11 heteroatoms. The van der Waals surface area contributed by atoms with Gasteiger partial charge in [0.05, 0.1) is 29.4 Å². The first-order valence-electron chi connectivity index (χ1n) is 11.6. The van der Waals surface area contributed by atoms with Crippen LogP contribution >= 0.6 is 11.6 Å². The Morgan fingerprint density at radius 3 is 2.50 bits per heavy atom. The molecule has 0 spiro atoms. The number of carbonyl (C=O) groups is 1. The maximum absolute atomic E-state index is 14.4. The zero-order valence-corrected chi connectivity index (χ0v) is 20.2. The van der Waals surface area contributed by atoms with Gasteiger partial charge in [0.1, 0.15) is 5.82 Å². The summed E-state index contributed by atoms with van der Waals surface area (Å²) in [5, 5.41) is 4.70. The second-order valence-corrected chi connectivity index (χ2v) is 9.50. The number of piperidine rings is 1. The third-order valence-electron chi connectivity index (χ3n) is 6.77. The summed E-state index contributed by atoms with van der Waals surface area (Å²) in [6.07, 6.45) is -1.62. The lowest BCUT2D eigenvalue weighted by Crippen LogP contribution is -2.54. The molecule has 190 valence electrons. The normalized spacial score (nSPS) is 17.1. The van der Waals surface area contributed by atoms with Crippen molar-refractivity contribution in [1.82, 2.24) is 14.7 Å². The molecule has 0 radical (unpaired) electrons. The van der Waals surface area contributed by atoms with Crippen LogP contribution in [0.3, 0.4) is 0 Å². The van der Waals surface area contributed by atoms with Gasteiger partial charge in [-0.3, -0.25) is 9.58 Å². The quantitative estimate of drug-likeness (QED) is 0.405. The molecule has 6 nitrogen and oxygen atoms in total. The molecule has 36 heavy (non-hydrogen) atoms. The number of hydrogen-bond donors (Lipinski definition) is 0. The second kappa shape index (κ2) is 9.31. The van der Waals surface area contributed by atoms with E-state index in [2.05, 4.69) is 5.10 Å². The van der Waals surface area contributed by atoms with Gasteiger partial charge in [-0.1, -0.05) is 35.9 Å². The van der Waals surface area contributed by atoms with Crippen molar-refractivity contribution < 1.29 is 22.4 Å². The molecule has 2 aliphatic heterocycles. The Morgan fingerprint density at radius 1 is 1.08 bits per heavy atom. The van der Waals surface area contributed by atoms with Crippen LogP contribution < -0.4 is 9.80 Å². The van der Waals surface area contributed by atoms with E-state index in [-0.39, 0.29) is 24.2 Å². The molecule has 0 saturated carbocycles. The van der Waals surface area contributed by atoms with Crippen LogP contribution in [0.4, 0.5) is 33.9 Å². The van der Waals surface area contributed by atoms with Crippen LogP contribution in [0.15, 0.2) is 48.7 Å². The minimum Gasteiger partial charge on any atom is -0.368 e. The fourth-order valence-electron chi connectivity index (χ4n) is 5.09. The fourth-order valence-corrected chi connectivity index (χ4v) is 5.37. The van der Waals surface area contributed by atoms with Gasteiger partial charge >= 0.3 is 12.2 Å². The third kappa shape index (κ3) is 4.50. The lowest BCUT2D eigenvalue weighted by molar-refractivity contribution is -0.138. The Hall–Kier alpha value is -3.27. The number of anilines is 2. The fraction of sp³-hybridized carbons (Fsp3) is 0.360. The van der Waals surface area contributed by atoms with Crippen LogP contribution in [-0.4, -0.2) is 39.8 Å². The highest BCUT2D eigenvalue weighted by Crippen LogP contribution is 2.37. The van der Waals surface area contributed by atoms with E-state index in [1.807, 2.05) is 4.90 Å².